The van der Waals surface area contributed by atoms with Gasteiger partial charge in [0.1, 0.15) is 0 Å². The van der Waals surface area contributed by atoms with Gasteiger partial charge in [-0.25, -0.2) is 0 Å². The second-order valence-electron chi connectivity index (χ2n) is 23.2. The van der Waals surface area contributed by atoms with E-state index in [-0.39, 0.29) is 11.5 Å². The molecule has 1 aromatic heterocycles. The van der Waals surface area contributed by atoms with Crippen LogP contribution in [0, 0.1) is 0 Å². The highest BCUT2D eigenvalue weighted by Crippen LogP contribution is 2.63. The third kappa shape index (κ3) is 9.54. The Labute approximate surface area is 496 Å². The molecule has 0 amide bonds. The van der Waals surface area contributed by atoms with Crippen LogP contribution in [0.4, 0.5) is 11.4 Å². The molecule has 410 valence electrons. The maximum atomic E-state index is 4.78. The number of anilines is 2. The maximum Gasteiger partial charge on any atom is 0.0726 e. The van der Waals surface area contributed by atoms with Gasteiger partial charge in [-0.15, -0.1) is 0 Å². The highest BCUT2D eigenvalue weighted by Gasteiger charge is 2.53. The highest BCUT2D eigenvalue weighted by atomic mass is 15.2. The zero-order valence-electron chi connectivity index (χ0n) is 48.9. The van der Waals surface area contributed by atoms with E-state index in [9.17, 15) is 0 Å². The molecule has 0 radical (unpaired) electrons. The first-order valence-corrected chi connectivity index (χ1v) is 30.0. The Morgan fingerprint density at radius 3 is 1.95 bits per heavy atom. The van der Waals surface area contributed by atoms with E-state index < -0.39 is 5.41 Å². The van der Waals surface area contributed by atoms with Crippen LogP contribution in [0.5, 0.6) is 0 Å². The predicted molar refractivity (Wildman–Crippen MR) is 361 cm³/mol. The number of rotatable bonds is 8. The number of nitrogens with zero attached hydrogens (tertiary/aromatic N) is 2. The summed E-state index contributed by atoms with van der Waals surface area (Å²) in [7, 11) is 0. The van der Waals surface area contributed by atoms with E-state index in [1.165, 1.54) is 94.2 Å². The number of hydrogen-bond acceptors (Lipinski definition) is 2. The van der Waals surface area contributed by atoms with Crippen LogP contribution < -0.4 is 10.2 Å². The Bertz CT molecular complexity index is 4310. The molecular formula is C81H71N3. The molecule has 5 aliphatic rings. The van der Waals surface area contributed by atoms with Crippen molar-refractivity contribution in [3.8, 4) is 22.3 Å². The molecule has 0 saturated carbocycles. The van der Waals surface area contributed by atoms with Gasteiger partial charge < -0.3 is 14.8 Å². The average Bonchev–Trinajstić information content (AvgIpc) is 1.63. The van der Waals surface area contributed by atoms with Gasteiger partial charge in [0, 0.05) is 45.3 Å². The second-order valence-corrected chi connectivity index (χ2v) is 23.2. The van der Waals surface area contributed by atoms with Gasteiger partial charge in [-0.1, -0.05) is 266 Å². The van der Waals surface area contributed by atoms with Crippen molar-refractivity contribution in [2.75, 3.05) is 10.2 Å². The fourth-order valence-electron chi connectivity index (χ4n) is 13.4. The van der Waals surface area contributed by atoms with E-state index >= 15 is 0 Å². The fourth-order valence-corrected chi connectivity index (χ4v) is 13.4. The first-order valence-electron chi connectivity index (χ1n) is 30.0. The number of benzene rings is 8. The van der Waals surface area contributed by atoms with Crippen LogP contribution in [-0.2, 0) is 10.8 Å². The van der Waals surface area contributed by atoms with E-state index in [0.29, 0.717) is 0 Å². The van der Waals surface area contributed by atoms with Crippen molar-refractivity contribution in [2.45, 2.75) is 70.8 Å². The fraction of sp³-hybridized carbons (Fsp3) is 0.136. The van der Waals surface area contributed by atoms with Gasteiger partial charge in [0.05, 0.1) is 22.5 Å². The summed E-state index contributed by atoms with van der Waals surface area (Å²) >= 11 is 0. The maximum absolute atomic E-state index is 4.78. The standard InChI is InChI=1S/C79H65N3.C2H6/c1-54-34-37-56(40-41-60-21-9-17-32-75(60)81(54)64-50-51-69-68-27-13-18-33-76(68)82(77(69)52-64)63-22-7-5-6-8-23-63)59-44-48-62(49-45-59)80-53-70-67-26-12-16-30-73(67)79(71-28-14-10-24-65(71)66-25-11-15-29-72(66)79)74(70)31-19-20-55-35-38-57(39-36-55)58-42-46-61(47-43-58)78(2,3)4;1-2/h5,7-31,33-40,42-53,75,80H,1,6,32,41H2,2-4H3;1-2H3/b20-19-,37-34-,56-40+,70-53+,74-31+;. The van der Waals surface area contributed by atoms with Gasteiger partial charge in [0.2, 0.25) is 0 Å². The van der Waals surface area contributed by atoms with Crippen LogP contribution >= 0.6 is 0 Å². The van der Waals surface area contributed by atoms with E-state index in [1.54, 1.807) is 0 Å². The van der Waals surface area contributed by atoms with Crippen molar-refractivity contribution in [1.82, 2.24) is 4.57 Å². The van der Waals surface area contributed by atoms with Crippen LogP contribution in [0.2, 0.25) is 0 Å². The molecule has 2 heterocycles. The second kappa shape index (κ2) is 22.6. The molecule has 0 bridgehead atoms. The zero-order valence-corrected chi connectivity index (χ0v) is 48.9. The molecule has 8 aromatic carbocycles. The molecule has 14 rings (SSSR count). The topological polar surface area (TPSA) is 20.2 Å². The normalized spacial score (nSPS) is 18.7. The Balaban J connectivity index is 0.00000326. The third-order valence-electron chi connectivity index (χ3n) is 17.4. The molecular weight excluding hydrogens is 1010 g/mol. The van der Waals surface area contributed by atoms with Crippen LogP contribution in [0.25, 0.3) is 67.0 Å². The van der Waals surface area contributed by atoms with E-state index in [4.69, 9.17) is 6.58 Å². The van der Waals surface area contributed by atoms with Crippen molar-refractivity contribution < 1.29 is 0 Å². The van der Waals surface area contributed by atoms with E-state index in [2.05, 4.69) is 315 Å². The zero-order chi connectivity index (χ0) is 57.4. The summed E-state index contributed by atoms with van der Waals surface area (Å²) in [5.41, 5.74) is 25.1. The van der Waals surface area contributed by atoms with Crippen molar-refractivity contribution in [3.63, 3.8) is 0 Å². The van der Waals surface area contributed by atoms with Gasteiger partial charge >= 0.3 is 0 Å². The van der Waals surface area contributed by atoms with Crippen molar-refractivity contribution in [2.24, 2.45) is 0 Å². The molecule has 1 atom stereocenters. The highest BCUT2D eigenvalue weighted by molar-refractivity contribution is 6.11. The van der Waals surface area contributed by atoms with Gasteiger partial charge in [-0.05, 0) is 151 Å². The number of nitrogens with one attached hydrogen (secondary N) is 1. The lowest BCUT2D eigenvalue weighted by molar-refractivity contribution is 0.590. The number of fused-ring (bicyclic) bond motifs is 11. The minimum atomic E-state index is -0.499. The molecule has 4 aliphatic carbocycles. The first-order chi connectivity index (χ1) is 41.2. The quantitative estimate of drug-likeness (QED) is 0.164. The molecule has 1 N–H and O–H groups in total. The molecule has 1 aliphatic heterocycles. The van der Waals surface area contributed by atoms with Gasteiger partial charge in [0.15, 0.2) is 0 Å². The minimum Gasteiger partial charge on any atom is -0.361 e. The Hall–Kier alpha value is -9.70. The van der Waals surface area contributed by atoms with Crippen LogP contribution in [0.1, 0.15) is 92.8 Å². The summed E-state index contributed by atoms with van der Waals surface area (Å²) < 4.78 is 2.42. The van der Waals surface area contributed by atoms with Crippen molar-refractivity contribution in [3.05, 3.63) is 336 Å². The summed E-state index contributed by atoms with van der Waals surface area (Å²) in [6, 6.07) is 69.8. The number of hydrogen-bond donors (Lipinski definition) is 1. The summed E-state index contributed by atoms with van der Waals surface area (Å²) in [5, 5.41) is 6.31. The summed E-state index contributed by atoms with van der Waals surface area (Å²) in [4.78, 5) is 2.46. The van der Waals surface area contributed by atoms with Crippen LogP contribution in [-0.4, -0.2) is 10.6 Å². The molecule has 3 nitrogen and oxygen atoms in total. The van der Waals surface area contributed by atoms with Crippen molar-refractivity contribution >= 4 is 56.1 Å². The lowest BCUT2D eigenvalue weighted by Gasteiger charge is -2.36. The molecule has 0 fully saturated rings. The lowest BCUT2D eigenvalue weighted by Crippen LogP contribution is -2.35. The van der Waals surface area contributed by atoms with Gasteiger partial charge in [-0.2, -0.15) is 0 Å². The first kappa shape index (κ1) is 53.6. The smallest absolute Gasteiger partial charge is 0.0726 e. The number of para-hydroxylation sites is 1. The SMILES string of the molecule is C=C1/C=C\C(c2ccc(N/C=C3/C(=C\C=C/c4ccc(-c5ccc(C(C)(C)C)cc5)cc4)C4(c5ccccc53)c3ccccc3-c3ccccc34)cc2)=C/CC2=CC=CCC2N1c1ccc2c3ccccc3n(C3=CC=CCC=C3)c2c1.CC. The van der Waals surface area contributed by atoms with E-state index in [1.807, 2.05) is 13.8 Å². The summed E-state index contributed by atoms with van der Waals surface area (Å²) in [6.07, 6.45) is 36.5. The van der Waals surface area contributed by atoms with Crippen LogP contribution in [0.15, 0.2) is 297 Å². The Morgan fingerprint density at radius 1 is 0.595 bits per heavy atom. The Morgan fingerprint density at radius 2 is 1.23 bits per heavy atom. The van der Waals surface area contributed by atoms with E-state index in [0.717, 1.165) is 53.2 Å². The molecule has 84 heavy (non-hydrogen) atoms. The van der Waals surface area contributed by atoms with Gasteiger partial charge in [0.25, 0.3) is 0 Å². The van der Waals surface area contributed by atoms with Crippen LogP contribution in [0.3, 0.4) is 0 Å². The number of aromatic nitrogens is 1. The minimum absolute atomic E-state index is 0.121. The lowest BCUT2D eigenvalue weighted by atomic mass is 9.70. The number of allylic oxidation sites excluding steroid dienone is 16. The average molecular weight is 1090 g/mol. The summed E-state index contributed by atoms with van der Waals surface area (Å²) in [6.45, 7) is 15.6. The largest absolute Gasteiger partial charge is 0.361 e. The summed E-state index contributed by atoms with van der Waals surface area (Å²) in [5.74, 6) is 0. The monoisotopic (exact) mass is 1090 g/mol. The molecule has 1 spiro atoms. The van der Waals surface area contributed by atoms with Crippen molar-refractivity contribution in [1.29, 1.82) is 0 Å². The Kier molecular flexibility index (Phi) is 14.4. The predicted octanol–water partition coefficient (Wildman–Crippen LogP) is 21.2. The molecule has 9 aromatic rings. The molecule has 3 heteroatoms. The third-order valence-corrected chi connectivity index (χ3v) is 17.4. The van der Waals surface area contributed by atoms with Gasteiger partial charge in [-0.3, -0.25) is 0 Å². The molecule has 1 unspecified atom stereocenters. The molecule has 0 saturated heterocycles.